The predicted octanol–water partition coefficient (Wildman–Crippen LogP) is 2.02. The molecule has 2 nitrogen and oxygen atoms in total. The van der Waals surface area contributed by atoms with Crippen molar-refractivity contribution in [2.75, 3.05) is 6.54 Å². The van der Waals surface area contributed by atoms with Crippen molar-refractivity contribution in [2.45, 2.75) is 13.0 Å². The first-order valence-corrected chi connectivity index (χ1v) is 4.40. The van der Waals surface area contributed by atoms with Crippen molar-refractivity contribution in [1.82, 2.24) is 10.3 Å². The van der Waals surface area contributed by atoms with Gasteiger partial charge in [-0.3, -0.25) is 10.3 Å². The Kier molecular flexibility index (Phi) is 3.75. The fourth-order valence-electron chi connectivity index (χ4n) is 0.960. The fourth-order valence-corrected chi connectivity index (χ4v) is 1.07. The van der Waals surface area contributed by atoms with E-state index in [0.717, 1.165) is 5.69 Å². The van der Waals surface area contributed by atoms with Crippen molar-refractivity contribution >= 4 is 11.6 Å². The van der Waals surface area contributed by atoms with Gasteiger partial charge in [0, 0.05) is 12.2 Å². The molecule has 0 bridgehead atoms. The Balaban J connectivity index is 2.62. The van der Waals surface area contributed by atoms with Crippen LogP contribution in [0.2, 0.25) is 5.02 Å². The normalized spacial score (nSPS) is 12.1. The van der Waals surface area contributed by atoms with Gasteiger partial charge in [0.25, 0.3) is 0 Å². The van der Waals surface area contributed by atoms with Crippen LogP contribution in [0.15, 0.2) is 18.3 Å². The molecule has 1 atom stereocenters. The average molecular weight is 195 g/mol. The quantitative estimate of drug-likeness (QED) is 0.745. The standard InChI is InChI=1S/C10H11ClN2/c1-3-6-12-8(2)10-5-4-9(11)7-13-10/h1,4-5,7-8,12H,6H2,2H3. The molecule has 0 radical (unpaired) electrons. The number of halogens is 1. The molecule has 1 rings (SSSR count). The predicted molar refractivity (Wildman–Crippen MR) is 54.5 cm³/mol. The molecule has 1 N–H and O–H groups in total. The third-order valence-corrected chi connectivity index (χ3v) is 1.93. The largest absolute Gasteiger partial charge is 0.298 e. The Morgan fingerprint density at radius 1 is 1.69 bits per heavy atom. The van der Waals surface area contributed by atoms with Crippen LogP contribution in [0.5, 0.6) is 0 Å². The highest BCUT2D eigenvalue weighted by Gasteiger charge is 2.03. The molecule has 68 valence electrons. The van der Waals surface area contributed by atoms with Crippen molar-refractivity contribution in [3.8, 4) is 12.3 Å². The van der Waals surface area contributed by atoms with Crippen molar-refractivity contribution in [3.63, 3.8) is 0 Å². The maximum Gasteiger partial charge on any atom is 0.0589 e. The van der Waals surface area contributed by atoms with E-state index in [1.165, 1.54) is 0 Å². The summed E-state index contributed by atoms with van der Waals surface area (Å²) in [6, 6.07) is 3.86. The zero-order valence-corrected chi connectivity index (χ0v) is 8.17. The number of pyridine rings is 1. The van der Waals surface area contributed by atoms with Crippen molar-refractivity contribution in [1.29, 1.82) is 0 Å². The molecule has 0 aliphatic rings. The van der Waals surface area contributed by atoms with Crippen LogP contribution in [0.1, 0.15) is 18.7 Å². The molecule has 0 fully saturated rings. The first-order chi connectivity index (χ1) is 6.24. The lowest BCUT2D eigenvalue weighted by molar-refractivity contribution is 0.606. The maximum atomic E-state index is 5.71. The van der Waals surface area contributed by atoms with Crippen LogP contribution in [0, 0.1) is 12.3 Å². The number of nitrogens with one attached hydrogen (secondary N) is 1. The van der Waals surface area contributed by atoms with Gasteiger partial charge in [0.05, 0.1) is 17.3 Å². The zero-order valence-electron chi connectivity index (χ0n) is 7.42. The molecule has 1 aromatic rings. The highest BCUT2D eigenvalue weighted by molar-refractivity contribution is 6.30. The van der Waals surface area contributed by atoms with E-state index >= 15 is 0 Å². The second kappa shape index (κ2) is 4.86. The summed E-state index contributed by atoms with van der Waals surface area (Å²) in [4.78, 5) is 4.17. The van der Waals surface area contributed by atoms with Crippen LogP contribution in [0.25, 0.3) is 0 Å². The SMILES string of the molecule is C#CCNC(C)c1ccc(Cl)cn1. The van der Waals surface area contributed by atoms with Crippen LogP contribution < -0.4 is 5.32 Å². The van der Waals surface area contributed by atoms with Gasteiger partial charge >= 0.3 is 0 Å². The van der Waals surface area contributed by atoms with Crippen molar-refractivity contribution < 1.29 is 0 Å². The number of hydrogen-bond donors (Lipinski definition) is 1. The second-order valence-electron chi connectivity index (χ2n) is 2.71. The van der Waals surface area contributed by atoms with E-state index in [2.05, 4.69) is 16.2 Å². The molecule has 13 heavy (non-hydrogen) atoms. The van der Waals surface area contributed by atoms with Crippen molar-refractivity contribution in [2.24, 2.45) is 0 Å². The van der Waals surface area contributed by atoms with Crippen LogP contribution in [0.4, 0.5) is 0 Å². The van der Waals surface area contributed by atoms with Gasteiger partial charge in [-0.2, -0.15) is 0 Å². The lowest BCUT2D eigenvalue weighted by Gasteiger charge is -2.10. The molecule has 0 aromatic carbocycles. The van der Waals surface area contributed by atoms with E-state index < -0.39 is 0 Å². The second-order valence-corrected chi connectivity index (χ2v) is 3.14. The minimum atomic E-state index is 0.160. The van der Waals surface area contributed by atoms with E-state index in [1.54, 1.807) is 6.20 Å². The van der Waals surface area contributed by atoms with Gasteiger partial charge in [0.15, 0.2) is 0 Å². The van der Waals surface area contributed by atoms with Gasteiger partial charge in [-0.1, -0.05) is 17.5 Å². The van der Waals surface area contributed by atoms with Gasteiger partial charge in [-0.25, -0.2) is 0 Å². The monoisotopic (exact) mass is 194 g/mol. The zero-order chi connectivity index (χ0) is 9.68. The molecule has 0 spiro atoms. The summed E-state index contributed by atoms with van der Waals surface area (Å²) in [5, 5.41) is 3.77. The third kappa shape index (κ3) is 3.06. The lowest BCUT2D eigenvalue weighted by Crippen LogP contribution is -2.19. The molecule has 0 aliphatic carbocycles. The highest BCUT2D eigenvalue weighted by atomic mass is 35.5. The maximum absolute atomic E-state index is 5.71. The minimum Gasteiger partial charge on any atom is -0.298 e. The highest BCUT2D eigenvalue weighted by Crippen LogP contribution is 2.11. The summed E-state index contributed by atoms with van der Waals surface area (Å²) in [6.45, 7) is 2.55. The first kappa shape index (κ1) is 10.0. The lowest BCUT2D eigenvalue weighted by atomic mass is 10.2. The Morgan fingerprint density at radius 2 is 2.46 bits per heavy atom. The molecule has 0 amide bonds. The third-order valence-electron chi connectivity index (χ3n) is 1.70. The molecule has 1 heterocycles. The van der Waals surface area contributed by atoms with Crippen LogP contribution in [-0.2, 0) is 0 Å². The summed E-state index contributed by atoms with van der Waals surface area (Å²) < 4.78 is 0. The Hall–Kier alpha value is -1.04. The van der Waals surface area contributed by atoms with E-state index in [-0.39, 0.29) is 6.04 Å². The first-order valence-electron chi connectivity index (χ1n) is 4.02. The minimum absolute atomic E-state index is 0.160. The number of rotatable bonds is 3. The van der Waals surface area contributed by atoms with E-state index in [1.807, 2.05) is 19.1 Å². The molecule has 0 saturated heterocycles. The van der Waals surface area contributed by atoms with E-state index in [9.17, 15) is 0 Å². The van der Waals surface area contributed by atoms with Crippen LogP contribution in [-0.4, -0.2) is 11.5 Å². The summed E-state index contributed by atoms with van der Waals surface area (Å²) in [6.07, 6.45) is 6.75. The molecule has 1 unspecified atom stereocenters. The Labute approximate surface area is 83.3 Å². The molecule has 0 saturated carbocycles. The van der Waals surface area contributed by atoms with Crippen LogP contribution >= 0.6 is 11.6 Å². The Morgan fingerprint density at radius 3 is 3.00 bits per heavy atom. The summed E-state index contributed by atoms with van der Waals surface area (Å²) in [5.74, 6) is 2.51. The van der Waals surface area contributed by atoms with Crippen LogP contribution in [0.3, 0.4) is 0 Å². The van der Waals surface area contributed by atoms with Gasteiger partial charge in [-0.15, -0.1) is 6.42 Å². The molecular weight excluding hydrogens is 184 g/mol. The topological polar surface area (TPSA) is 24.9 Å². The molecular formula is C10H11ClN2. The van der Waals surface area contributed by atoms with Gasteiger partial charge in [-0.05, 0) is 19.1 Å². The number of terminal acetylenes is 1. The average Bonchev–Trinajstić information content (AvgIpc) is 2.15. The smallest absolute Gasteiger partial charge is 0.0589 e. The molecule has 1 aromatic heterocycles. The van der Waals surface area contributed by atoms with Gasteiger partial charge < -0.3 is 0 Å². The van der Waals surface area contributed by atoms with Gasteiger partial charge in [0.2, 0.25) is 0 Å². The summed E-state index contributed by atoms with van der Waals surface area (Å²) in [7, 11) is 0. The molecule has 3 heteroatoms. The van der Waals surface area contributed by atoms with E-state index in [0.29, 0.717) is 11.6 Å². The summed E-state index contributed by atoms with van der Waals surface area (Å²) in [5.41, 5.74) is 0.944. The summed E-state index contributed by atoms with van der Waals surface area (Å²) >= 11 is 5.71. The van der Waals surface area contributed by atoms with Crippen molar-refractivity contribution in [3.05, 3.63) is 29.0 Å². The fraction of sp³-hybridized carbons (Fsp3) is 0.300. The van der Waals surface area contributed by atoms with E-state index in [4.69, 9.17) is 18.0 Å². The number of nitrogens with zero attached hydrogens (tertiary/aromatic N) is 1. The number of aromatic nitrogens is 1. The van der Waals surface area contributed by atoms with Gasteiger partial charge in [0.1, 0.15) is 0 Å². The number of hydrogen-bond acceptors (Lipinski definition) is 2. The molecule has 0 aliphatic heterocycles. The Bertz CT molecular complexity index is 300.